The van der Waals surface area contributed by atoms with Crippen molar-refractivity contribution in [1.29, 1.82) is 0 Å². The third-order valence-corrected chi connectivity index (χ3v) is 8.50. The summed E-state index contributed by atoms with van der Waals surface area (Å²) >= 11 is 0. The minimum atomic E-state index is -4.00. The van der Waals surface area contributed by atoms with Gasteiger partial charge in [0.25, 0.3) is 10.0 Å². The van der Waals surface area contributed by atoms with Crippen LogP contribution in [0.25, 0.3) is 0 Å². The van der Waals surface area contributed by atoms with Gasteiger partial charge in [-0.25, -0.2) is 16.8 Å². The van der Waals surface area contributed by atoms with Crippen LogP contribution in [0.3, 0.4) is 0 Å². The summed E-state index contributed by atoms with van der Waals surface area (Å²) in [5.74, 6) is -0.488. The Labute approximate surface area is 201 Å². The highest BCUT2D eigenvalue weighted by Gasteiger charge is 2.28. The van der Waals surface area contributed by atoms with Gasteiger partial charge in [-0.3, -0.25) is 9.10 Å². The lowest BCUT2D eigenvalue weighted by Gasteiger charge is -2.25. The molecule has 0 heterocycles. The first kappa shape index (κ1) is 25.5. The van der Waals surface area contributed by atoms with Gasteiger partial charge in [0.15, 0.2) is 9.84 Å². The maximum Gasteiger partial charge on any atom is 0.264 e. The molecule has 9 heteroatoms. The summed E-state index contributed by atoms with van der Waals surface area (Å²) in [5, 5.41) is 2.81. The summed E-state index contributed by atoms with van der Waals surface area (Å²) in [4.78, 5) is 13.2. The molecule has 3 rings (SSSR count). The molecule has 0 spiro atoms. The minimum absolute atomic E-state index is 0.0884. The Kier molecular flexibility index (Phi) is 7.48. The predicted molar refractivity (Wildman–Crippen MR) is 133 cm³/mol. The van der Waals surface area contributed by atoms with Crippen molar-refractivity contribution in [3.05, 3.63) is 89.5 Å². The molecule has 3 aromatic carbocycles. The average Bonchev–Trinajstić information content (AvgIpc) is 2.79. The quantitative estimate of drug-likeness (QED) is 0.507. The van der Waals surface area contributed by atoms with E-state index in [0.29, 0.717) is 11.3 Å². The summed E-state index contributed by atoms with van der Waals surface area (Å²) < 4.78 is 51.3. The van der Waals surface area contributed by atoms with Crippen LogP contribution in [0.1, 0.15) is 29.7 Å². The molecule has 1 amide bonds. The zero-order valence-electron chi connectivity index (χ0n) is 19.5. The Morgan fingerprint density at radius 1 is 0.853 bits per heavy atom. The molecule has 34 heavy (non-hydrogen) atoms. The molecule has 0 saturated heterocycles. The van der Waals surface area contributed by atoms with Crippen LogP contribution in [0.15, 0.2) is 82.6 Å². The number of aryl methyl sites for hydroxylation is 2. The zero-order valence-corrected chi connectivity index (χ0v) is 21.2. The second-order valence-electron chi connectivity index (χ2n) is 8.22. The Balaban J connectivity index is 1.87. The van der Waals surface area contributed by atoms with Crippen LogP contribution in [0, 0.1) is 13.8 Å². The van der Waals surface area contributed by atoms with E-state index in [2.05, 4.69) is 5.32 Å². The Hall–Kier alpha value is -3.17. The van der Waals surface area contributed by atoms with Gasteiger partial charge in [-0.15, -0.1) is 0 Å². The van der Waals surface area contributed by atoms with Gasteiger partial charge in [0.1, 0.15) is 6.54 Å². The van der Waals surface area contributed by atoms with Gasteiger partial charge >= 0.3 is 0 Å². The summed E-state index contributed by atoms with van der Waals surface area (Å²) in [5.41, 5.74) is 3.01. The van der Waals surface area contributed by atoms with E-state index in [4.69, 9.17) is 0 Å². The fourth-order valence-corrected chi connectivity index (χ4v) is 5.48. The highest BCUT2D eigenvalue weighted by atomic mass is 32.2. The van der Waals surface area contributed by atoms with Crippen LogP contribution in [0.5, 0.6) is 0 Å². The van der Waals surface area contributed by atoms with Gasteiger partial charge in [-0.2, -0.15) is 0 Å². The Morgan fingerprint density at radius 2 is 1.47 bits per heavy atom. The maximum atomic E-state index is 13.4. The highest BCUT2D eigenvalue weighted by Crippen LogP contribution is 2.26. The van der Waals surface area contributed by atoms with Crippen molar-refractivity contribution in [3.63, 3.8) is 0 Å². The normalized spacial score (nSPS) is 12.7. The molecule has 0 aliphatic heterocycles. The molecule has 1 atom stereocenters. The second-order valence-corrected chi connectivity index (χ2v) is 12.1. The number of hydrogen-bond donors (Lipinski definition) is 1. The first-order chi connectivity index (χ1) is 15.9. The number of sulfonamides is 1. The van der Waals surface area contributed by atoms with Crippen LogP contribution < -0.4 is 9.62 Å². The predicted octanol–water partition coefficient (Wildman–Crippen LogP) is 3.78. The fraction of sp³-hybridized carbons (Fsp3) is 0.240. The van der Waals surface area contributed by atoms with Gasteiger partial charge in [-0.05, 0) is 73.9 Å². The standard InChI is InChI=1S/C25H28N2O5S2/c1-18-10-13-22(16-19(18)2)27(34(31,32)24-8-6-5-7-9-24)17-25(28)26-20(3)21-11-14-23(15-12-21)33(4,29)30/h5-16,20H,17H2,1-4H3,(H,26,28)/t20-/m0/s1. The topological polar surface area (TPSA) is 101 Å². The van der Waals surface area contributed by atoms with E-state index in [1.54, 1.807) is 49.4 Å². The van der Waals surface area contributed by atoms with Crippen molar-refractivity contribution >= 4 is 31.5 Å². The number of benzene rings is 3. The number of rotatable bonds is 8. The van der Waals surface area contributed by atoms with Crippen LogP contribution in [0.4, 0.5) is 5.69 Å². The summed E-state index contributed by atoms with van der Waals surface area (Å²) in [6, 6.07) is 19.0. The SMILES string of the molecule is Cc1ccc(N(CC(=O)N[C@@H](C)c2ccc(S(C)(=O)=O)cc2)S(=O)(=O)c2ccccc2)cc1C. The first-order valence-electron chi connectivity index (χ1n) is 10.6. The lowest BCUT2D eigenvalue weighted by molar-refractivity contribution is -0.120. The molecule has 180 valence electrons. The van der Waals surface area contributed by atoms with E-state index in [-0.39, 0.29) is 9.79 Å². The summed E-state index contributed by atoms with van der Waals surface area (Å²) in [6.07, 6.45) is 1.13. The van der Waals surface area contributed by atoms with Crippen molar-refractivity contribution in [2.45, 2.75) is 36.6 Å². The lowest BCUT2D eigenvalue weighted by Crippen LogP contribution is -2.41. The number of nitrogens with zero attached hydrogens (tertiary/aromatic N) is 1. The van der Waals surface area contributed by atoms with Gasteiger partial charge in [0.2, 0.25) is 5.91 Å². The zero-order chi connectivity index (χ0) is 25.1. The Morgan fingerprint density at radius 3 is 2.03 bits per heavy atom. The largest absolute Gasteiger partial charge is 0.348 e. The highest BCUT2D eigenvalue weighted by molar-refractivity contribution is 7.93. The number of hydrogen-bond acceptors (Lipinski definition) is 5. The van der Waals surface area contributed by atoms with Gasteiger partial charge in [0, 0.05) is 6.26 Å². The van der Waals surface area contributed by atoms with E-state index in [1.807, 2.05) is 19.9 Å². The van der Waals surface area contributed by atoms with E-state index in [9.17, 15) is 21.6 Å². The van der Waals surface area contributed by atoms with E-state index in [1.165, 1.54) is 24.3 Å². The molecular weight excluding hydrogens is 472 g/mol. The molecule has 0 aliphatic carbocycles. The number of carbonyl (C=O) groups excluding carboxylic acids is 1. The third kappa shape index (κ3) is 5.84. The molecule has 0 unspecified atom stereocenters. The van der Waals surface area contributed by atoms with E-state index >= 15 is 0 Å². The first-order valence-corrected chi connectivity index (χ1v) is 14.0. The lowest BCUT2D eigenvalue weighted by atomic mass is 10.1. The summed E-state index contributed by atoms with van der Waals surface area (Å²) in [7, 11) is -7.32. The van der Waals surface area contributed by atoms with Crippen LogP contribution in [-0.4, -0.2) is 35.5 Å². The van der Waals surface area contributed by atoms with Crippen molar-refractivity contribution in [2.75, 3.05) is 17.1 Å². The van der Waals surface area contributed by atoms with Gasteiger partial charge in [0.05, 0.1) is 21.5 Å². The molecule has 0 fully saturated rings. The van der Waals surface area contributed by atoms with Crippen molar-refractivity contribution < 1.29 is 21.6 Å². The van der Waals surface area contributed by atoms with Crippen LogP contribution in [0.2, 0.25) is 0 Å². The fourth-order valence-electron chi connectivity index (χ4n) is 3.42. The van der Waals surface area contributed by atoms with E-state index < -0.39 is 38.4 Å². The molecule has 0 bridgehead atoms. The molecule has 0 radical (unpaired) electrons. The maximum absolute atomic E-state index is 13.4. The molecular formula is C25H28N2O5S2. The second kappa shape index (κ2) is 9.99. The molecule has 0 aliphatic rings. The van der Waals surface area contributed by atoms with Crippen LogP contribution >= 0.6 is 0 Å². The number of amides is 1. The third-order valence-electron chi connectivity index (χ3n) is 5.58. The monoisotopic (exact) mass is 500 g/mol. The molecule has 3 aromatic rings. The molecule has 7 nitrogen and oxygen atoms in total. The molecule has 0 aromatic heterocycles. The van der Waals surface area contributed by atoms with Gasteiger partial charge in [-0.1, -0.05) is 36.4 Å². The average molecular weight is 501 g/mol. The number of nitrogens with one attached hydrogen (secondary N) is 1. The smallest absolute Gasteiger partial charge is 0.264 e. The molecule has 0 saturated carbocycles. The van der Waals surface area contributed by atoms with Crippen molar-refractivity contribution in [3.8, 4) is 0 Å². The number of carbonyl (C=O) groups is 1. The number of anilines is 1. The van der Waals surface area contributed by atoms with Crippen LogP contribution in [-0.2, 0) is 24.7 Å². The van der Waals surface area contributed by atoms with Crippen molar-refractivity contribution in [2.24, 2.45) is 0 Å². The van der Waals surface area contributed by atoms with Gasteiger partial charge < -0.3 is 5.32 Å². The van der Waals surface area contributed by atoms with E-state index in [0.717, 1.165) is 21.7 Å². The molecule has 1 N–H and O–H groups in total. The number of sulfone groups is 1. The summed E-state index contributed by atoms with van der Waals surface area (Å²) in [6.45, 7) is 5.15. The van der Waals surface area contributed by atoms with Crippen molar-refractivity contribution in [1.82, 2.24) is 5.32 Å². The Bertz CT molecular complexity index is 1380. The minimum Gasteiger partial charge on any atom is -0.348 e.